The first-order valence-electron chi connectivity index (χ1n) is 7.66. The summed E-state index contributed by atoms with van der Waals surface area (Å²) in [5.74, 6) is -1.07. The van der Waals surface area contributed by atoms with Crippen LogP contribution in [0.5, 0.6) is 5.75 Å². The fraction of sp³-hybridized carbons (Fsp3) is 0.158. The van der Waals surface area contributed by atoms with Crippen LogP contribution in [-0.4, -0.2) is 17.6 Å². The van der Waals surface area contributed by atoms with Gasteiger partial charge in [0.2, 0.25) is 0 Å². The number of esters is 1. The monoisotopic (exact) mass is 357 g/mol. The molecule has 6 heteroatoms. The number of halogens is 1. The molecule has 1 heterocycles. The zero-order chi connectivity index (χ0) is 17.6. The maximum absolute atomic E-state index is 13.4. The molecule has 0 saturated heterocycles. The Morgan fingerprint density at radius 2 is 1.92 bits per heavy atom. The summed E-state index contributed by atoms with van der Waals surface area (Å²) in [6, 6.07) is 14.0. The zero-order valence-electron chi connectivity index (χ0n) is 13.6. The van der Waals surface area contributed by atoms with Gasteiger partial charge in [0.25, 0.3) is 0 Å². The van der Waals surface area contributed by atoms with E-state index in [9.17, 15) is 9.18 Å². The van der Waals surface area contributed by atoms with E-state index in [0.717, 1.165) is 10.6 Å². The normalized spacial score (nSPS) is 10.5. The first kappa shape index (κ1) is 17.1. The van der Waals surface area contributed by atoms with Crippen molar-refractivity contribution in [3.8, 4) is 16.3 Å². The van der Waals surface area contributed by atoms with Crippen LogP contribution in [-0.2, 0) is 16.1 Å². The van der Waals surface area contributed by atoms with Gasteiger partial charge in [-0.1, -0.05) is 42.0 Å². The minimum absolute atomic E-state index is 0.0229. The third-order valence-corrected chi connectivity index (χ3v) is 4.35. The highest BCUT2D eigenvalue weighted by Crippen LogP contribution is 2.24. The van der Waals surface area contributed by atoms with Crippen LogP contribution in [0.15, 0.2) is 53.9 Å². The standard InChI is InChI=1S/C19H16FNO3S/c1-13-6-8-14(9-7-13)19-21-15(12-25-19)10-24-18(22)11-23-17-5-3-2-4-16(17)20/h2-9,12H,10-11H2,1H3. The highest BCUT2D eigenvalue weighted by molar-refractivity contribution is 7.13. The summed E-state index contributed by atoms with van der Waals surface area (Å²) >= 11 is 1.49. The van der Waals surface area contributed by atoms with Gasteiger partial charge in [0.1, 0.15) is 11.6 Å². The number of hydrogen-bond acceptors (Lipinski definition) is 5. The van der Waals surface area contributed by atoms with Gasteiger partial charge in [0.05, 0.1) is 5.69 Å². The third kappa shape index (κ3) is 4.64. The molecule has 0 fully saturated rings. The van der Waals surface area contributed by atoms with E-state index in [4.69, 9.17) is 9.47 Å². The number of hydrogen-bond donors (Lipinski definition) is 0. The molecule has 0 amide bonds. The van der Waals surface area contributed by atoms with Crippen LogP contribution in [0, 0.1) is 12.7 Å². The van der Waals surface area contributed by atoms with Crippen molar-refractivity contribution in [3.05, 3.63) is 71.0 Å². The fourth-order valence-corrected chi connectivity index (χ4v) is 2.91. The highest BCUT2D eigenvalue weighted by Gasteiger charge is 2.10. The molecule has 25 heavy (non-hydrogen) atoms. The molecule has 0 unspecified atom stereocenters. The Hall–Kier alpha value is -2.73. The second kappa shape index (κ2) is 7.90. The number of aromatic nitrogens is 1. The summed E-state index contributed by atoms with van der Waals surface area (Å²) in [6.45, 7) is 1.73. The molecule has 2 aromatic carbocycles. The van der Waals surface area contributed by atoms with E-state index in [1.807, 2.05) is 36.6 Å². The topological polar surface area (TPSA) is 48.4 Å². The summed E-state index contributed by atoms with van der Waals surface area (Å²) in [5, 5.41) is 2.72. The molecule has 4 nitrogen and oxygen atoms in total. The largest absolute Gasteiger partial charge is 0.479 e. The predicted octanol–water partition coefficient (Wildman–Crippen LogP) is 4.38. The highest BCUT2D eigenvalue weighted by atomic mass is 32.1. The van der Waals surface area contributed by atoms with Gasteiger partial charge >= 0.3 is 5.97 Å². The zero-order valence-corrected chi connectivity index (χ0v) is 14.4. The molecule has 0 atom stereocenters. The minimum atomic E-state index is -0.576. The number of carbonyl (C=O) groups is 1. The summed E-state index contributed by atoms with van der Waals surface area (Å²) < 4.78 is 23.6. The average Bonchev–Trinajstić information content (AvgIpc) is 3.09. The first-order valence-corrected chi connectivity index (χ1v) is 8.54. The van der Waals surface area contributed by atoms with E-state index in [0.29, 0.717) is 5.69 Å². The number of aryl methyl sites for hydroxylation is 1. The Kier molecular flexibility index (Phi) is 5.40. The number of ether oxygens (including phenoxy) is 2. The lowest BCUT2D eigenvalue weighted by Crippen LogP contribution is -2.15. The van der Waals surface area contributed by atoms with Crippen molar-refractivity contribution in [2.75, 3.05) is 6.61 Å². The predicted molar refractivity (Wildman–Crippen MR) is 94.0 cm³/mol. The average molecular weight is 357 g/mol. The van der Waals surface area contributed by atoms with Gasteiger partial charge < -0.3 is 9.47 Å². The second-order valence-corrected chi connectivity index (χ2v) is 6.25. The molecular formula is C19H16FNO3S. The van der Waals surface area contributed by atoms with Gasteiger partial charge in [-0.15, -0.1) is 11.3 Å². The van der Waals surface area contributed by atoms with Crippen LogP contribution in [0.1, 0.15) is 11.3 Å². The van der Waals surface area contributed by atoms with E-state index in [-0.39, 0.29) is 19.0 Å². The van der Waals surface area contributed by atoms with Gasteiger partial charge in [-0.2, -0.15) is 0 Å². The molecule has 0 bridgehead atoms. The maximum Gasteiger partial charge on any atom is 0.344 e. The Morgan fingerprint density at radius 1 is 1.16 bits per heavy atom. The molecule has 3 aromatic rings. The smallest absolute Gasteiger partial charge is 0.344 e. The van der Waals surface area contributed by atoms with Crippen molar-refractivity contribution in [2.45, 2.75) is 13.5 Å². The Balaban J connectivity index is 1.51. The van der Waals surface area contributed by atoms with Crippen molar-refractivity contribution in [3.63, 3.8) is 0 Å². The number of nitrogens with zero attached hydrogens (tertiary/aromatic N) is 1. The molecule has 3 rings (SSSR count). The van der Waals surface area contributed by atoms with Gasteiger partial charge in [0, 0.05) is 10.9 Å². The molecule has 0 spiro atoms. The number of para-hydroxylation sites is 1. The van der Waals surface area contributed by atoms with Crippen LogP contribution < -0.4 is 4.74 Å². The molecule has 128 valence electrons. The molecule has 0 saturated carbocycles. The van der Waals surface area contributed by atoms with Gasteiger partial charge in [0.15, 0.2) is 18.2 Å². The van der Waals surface area contributed by atoms with E-state index in [1.165, 1.54) is 29.0 Å². The molecule has 0 aliphatic carbocycles. The lowest BCUT2D eigenvalue weighted by molar-refractivity contribution is -0.147. The van der Waals surface area contributed by atoms with Crippen LogP contribution in [0.3, 0.4) is 0 Å². The first-order chi connectivity index (χ1) is 12.1. The second-order valence-electron chi connectivity index (χ2n) is 5.39. The molecule has 0 radical (unpaired) electrons. The van der Waals surface area contributed by atoms with Gasteiger partial charge in [-0.05, 0) is 19.1 Å². The lowest BCUT2D eigenvalue weighted by Gasteiger charge is -2.06. The molecular weight excluding hydrogens is 341 g/mol. The number of rotatable bonds is 6. The lowest BCUT2D eigenvalue weighted by atomic mass is 10.2. The SMILES string of the molecule is Cc1ccc(-c2nc(COC(=O)COc3ccccc3F)cs2)cc1. The molecule has 1 aromatic heterocycles. The van der Waals surface area contributed by atoms with Crippen LogP contribution in [0.25, 0.3) is 10.6 Å². The Morgan fingerprint density at radius 3 is 2.68 bits per heavy atom. The number of thiazole rings is 1. The molecule has 0 aliphatic heterocycles. The fourth-order valence-electron chi connectivity index (χ4n) is 2.10. The van der Waals surface area contributed by atoms with E-state index in [2.05, 4.69) is 4.98 Å². The summed E-state index contributed by atoms with van der Waals surface area (Å²) in [7, 11) is 0. The summed E-state index contributed by atoms with van der Waals surface area (Å²) in [5.41, 5.74) is 2.88. The van der Waals surface area contributed by atoms with Crippen LogP contribution in [0.4, 0.5) is 4.39 Å². The van der Waals surface area contributed by atoms with Gasteiger partial charge in [-0.3, -0.25) is 0 Å². The van der Waals surface area contributed by atoms with Crippen molar-refractivity contribution in [2.24, 2.45) is 0 Å². The van der Waals surface area contributed by atoms with Crippen LogP contribution in [0.2, 0.25) is 0 Å². The van der Waals surface area contributed by atoms with E-state index < -0.39 is 11.8 Å². The summed E-state index contributed by atoms with van der Waals surface area (Å²) in [4.78, 5) is 16.2. The Labute approximate surface area is 148 Å². The van der Waals surface area contributed by atoms with E-state index in [1.54, 1.807) is 12.1 Å². The summed E-state index contributed by atoms with van der Waals surface area (Å²) in [6.07, 6.45) is 0. The number of carbonyl (C=O) groups excluding carboxylic acids is 1. The maximum atomic E-state index is 13.4. The van der Waals surface area contributed by atoms with Crippen LogP contribution >= 0.6 is 11.3 Å². The van der Waals surface area contributed by atoms with Crippen molar-refractivity contribution < 1.29 is 18.7 Å². The van der Waals surface area contributed by atoms with Crippen molar-refractivity contribution in [1.82, 2.24) is 4.98 Å². The van der Waals surface area contributed by atoms with Gasteiger partial charge in [-0.25, -0.2) is 14.2 Å². The molecule has 0 aliphatic rings. The minimum Gasteiger partial charge on any atom is -0.479 e. The van der Waals surface area contributed by atoms with E-state index >= 15 is 0 Å². The number of benzene rings is 2. The van der Waals surface area contributed by atoms with Crippen molar-refractivity contribution in [1.29, 1.82) is 0 Å². The third-order valence-electron chi connectivity index (χ3n) is 3.41. The quantitative estimate of drug-likeness (QED) is 0.614. The Bertz CT molecular complexity index is 861. The van der Waals surface area contributed by atoms with Crippen molar-refractivity contribution >= 4 is 17.3 Å². The molecule has 0 N–H and O–H groups in total.